The molecular weight excluding hydrogens is 313 g/mol. The van der Waals surface area contributed by atoms with E-state index in [2.05, 4.69) is 0 Å². The third kappa shape index (κ3) is 4.02. The van der Waals surface area contributed by atoms with Crippen LogP contribution >= 0.6 is 23.2 Å². The maximum absolute atomic E-state index is 11.0. The fourth-order valence-electron chi connectivity index (χ4n) is 2.93. The van der Waals surface area contributed by atoms with Gasteiger partial charge < -0.3 is 14.7 Å². The van der Waals surface area contributed by atoms with E-state index in [1.165, 1.54) is 4.90 Å². The minimum Gasteiger partial charge on any atom is -0.465 e. The van der Waals surface area contributed by atoms with E-state index in [0.29, 0.717) is 29.7 Å². The molecule has 116 valence electrons. The predicted molar refractivity (Wildman–Crippen MR) is 83.3 cm³/mol. The van der Waals surface area contributed by atoms with Crippen molar-refractivity contribution in [2.45, 2.75) is 19.3 Å². The number of ether oxygens (including phenoxy) is 1. The lowest BCUT2D eigenvalue weighted by Gasteiger charge is -2.40. The highest BCUT2D eigenvalue weighted by atomic mass is 35.5. The van der Waals surface area contributed by atoms with Crippen molar-refractivity contribution in [3.63, 3.8) is 0 Å². The average molecular weight is 332 g/mol. The van der Waals surface area contributed by atoms with Gasteiger partial charge in [-0.1, -0.05) is 29.3 Å². The summed E-state index contributed by atoms with van der Waals surface area (Å²) in [6.07, 6.45) is 1.53. The Morgan fingerprint density at radius 1 is 1.33 bits per heavy atom. The molecule has 0 aliphatic carbocycles. The van der Waals surface area contributed by atoms with Gasteiger partial charge in [-0.2, -0.15) is 0 Å². The average Bonchev–Trinajstić information content (AvgIpc) is 2.44. The van der Waals surface area contributed by atoms with Gasteiger partial charge in [0.25, 0.3) is 0 Å². The molecule has 1 aromatic carbocycles. The van der Waals surface area contributed by atoms with Gasteiger partial charge in [0, 0.05) is 25.6 Å². The molecule has 0 unspecified atom stereocenters. The SMILES string of the molecule is COCC1(Cc2ccc(Cl)c(Cl)c2)CCN(C(=O)O)CC1. The van der Waals surface area contributed by atoms with Crippen LogP contribution in [0, 0.1) is 5.41 Å². The molecule has 1 aromatic rings. The van der Waals surface area contributed by atoms with Crippen LogP contribution in [0.15, 0.2) is 18.2 Å². The minimum absolute atomic E-state index is 0.0438. The van der Waals surface area contributed by atoms with E-state index in [1.807, 2.05) is 12.1 Å². The van der Waals surface area contributed by atoms with Crippen LogP contribution in [0.3, 0.4) is 0 Å². The lowest BCUT2D eigenvalue weighted by molar-refractivity contribution is 0.0238. The van der Waals surface area contributed by atoms with E-state index in [-0.39, 0.29) is 5.41 Å². The van der Waals surface area contributed by atoms with Crippen LogP contribution < -0.4 is 0 Å². The topological polar surface area (TPSA) is 49.8 Å². The highest BCUT2D eigenvalue weighted by Crippen LogP contribution is 2.36. The Balaban J connectivity index is 2.12. The summed E-state index contributed by atoms with van der Waals surface area (Å²) >= 11 is 12.0. The number of carboxylic acid groups (broad SMARTS) is 1. The summed E-state index contributed by atoms with van der Waals surface area (Å²) in [4.78, 5) is 12.5. The number of hydrogen-bond acceptors (Lipinski definition) is 2. The van der Waals surface area contributed by atoms with Crippen molar-refractivity contribution < 1.29 is 14.6 Å². The number of nitrogens with zero attached hydrogens (tertiary/aromatic N) is 1. The quantitative estimate of drug-likeness (QED) is 0.908. The molecular formula is C15H19Cl2NO3. The molecule has 0 aromatic heterocycles. The molecule has 0 saturated carbocycles. The third-order valence-corrected chi connectivity index (χ3v) is 4.85. The zero-order valence-electron chi connectivity index (χ0n) is 11.9. The van der Waals surface area contributed by atoms with Gasteiger partial charge in [0.1, 0.15) is 0 Å². The molecule has 6 heteroatoms. The van der Waals surface area contributed by atoms with Crippen LogP contribution in [0.1, 0.15) is 18.4 Å². The van der Waals surface area contributed by atoms with E-state index in [9.17, 15) is 4.79 Å². The highest BCUT2D eigenvalue weighted by Gasteiger charge is 2.36. The Labute approximate surface area is 134 Å². The monoisotopic (exact) mass is 331 g/mol. The smallest absolute Gasteiger partial charge is 0.407 e. The molecule has 4 nitrogen and oxygen atoms in total. The summed E-state index contributed by atoms with van der Waals surface area (Å²) in [5.41, 5.74) is 1.06. The molecule has 1 saturated heterocycles. The second-order valence-electron chi connectivity index (χ2n) is 5.63. The number of benzene rings is 1. The molecule has 0 radical (unpaired) electrons. The summed E-state index contributed by atoms with van der Waals surface area (Å²) in [6.45, 7) is 1.70. The van der Waals surface area contributed by atoms with Crippen molar-refractivity contribution in [3.05, 3.63) is 33.8 Å². The Morgan fingerprint density at radius 3 is 2.52 bits per heavy atom. The van der Waals surface area contributed by atoms with Gasteiger partial charge in [-0.3, -0.25) is 0 Å². The second kappa shape index (κ2) is 6.86. The molecule has 1 N–H and O–H groups in total. The van der Waals surface area contributed by atoms with Gasteiger partial charge in [0.2, 0.25) is 0 Å². The number of rotatable bonds is 4. The first-order valence-electron chi connectivity index (χ1n) is 6.86. The van der Waals surface area contributed by atoms with Gasteiger partial charge in [-0.15, -0.1) is 0 Å². The van der Waals surface area contributed by atoms with E-state index >= 15 is 0 Å². The van der Waals surface area contributed by atoms with Crippen LogP contribution in [0.4, 0.5) is 4.79 Å². The number of carbonyl (C=O) groups is 1. The molecule has 0 spiro atoms. The highest BCUT2D eigenvalue weighted by molar-refractivity contribution is 6.42. The first-order chi connectivity index (χ1) is 9.96. The maximum Gasteiger partial charge on any atom is 0.407 e. The van der Waals surface area contributed by atoms with E-state index in [4.69, 9.17) is 33.0 Å². The zero-order chi connectivity index (χ0) is 15.5. The third-order valence-electron chi connectivity index (χ3n) is 4.11. The van der Waals surface area contributed by atoms with Crippen molar-refractivity contribution in [2.75, 3.05) is 26.8 Å². The second-order valence-corrected chi connectivity index (χ2v) is 6.44. The van der Waals surface area contributed by atoms with Crippen LogP contribution in [0.5, 0.6) is 0 Å². The van der Waals surface area contributed by atoms with Gasteiger partial charge in [-0.25, -0.2) is 4.79 Å². The normalized spacial score (nSPS) is 17.8. The van der Waals surface area contributed by atoms with Crippen LogP contribution in [-0.2, 0) is 11.2 Å². The molecule has 1 aliphatic heterocycles. The first-order valence-corrected chi connectivity index (χ1v) is 7.62. The van der Waals surface area contributed by atoms with Gasteiger partial charge >= 0.3 is 6.09 Å². The van der Waals surface area contributed by atoms with E-state index < -0.39 is 6.09 Å². The minimum atomic E-state index is -0.851. The van der Waals surface area contributed by atoms with Crippen molar-refractivity contribution in [3.8, 4) is 0 Å². The molecule has 1 fully saturated rings. The molecule has 0 bridgehead atoms. The van der Waals surface area contributed by atoms with Crippen molar-refractivity contribution in [1.82, 2.24) is 4.90 Å². The van der Waals surface area contributed by atoms with Gasteiger partial charge in [0.05, 0.1) is 16.7 Å². The van der Waals surface area contributed by atoms with Crippen molar-refractivity contribution >= 4 is 29.3 Å². The number of amides is 1. The lowest BCUT2D eigenvalue weighted by atomic mass is 9.74. The lowest BCUT2D eigenvalue weighted by Crippen LogP contribution is -2.45. The number of piperidine rings is 1. The summed E-state index contributed by atoms with van der Waals surface area (Å²) in [6, 6.07) is 5.65. The Bertz CT molecular complexity index is 514. The maximum atomic E-state index is 11.0. The molecule has 2 rings (SSSR count). The number of hydrogen-bond donors (Lipinski definition) is 1. The number of methoxy groups -OCH3 is 1. The zero-order valence-corrected chi connectivity index (χ0v) is 13.5. The van der Waals surface area contributed by atoms with Crippen LogP contribution in [0.25, 0.3) is 0 Å². The molecule has 1 heterocycles. The Kier molecular flexibility index (Phi) is 5.36. The van der Waals surface area contributed by atoms with Crippen LogP contribution in [0.2, 0.25) is 10.0 Å². The van der Waals surface area contributed by atoms with Crippen molar-refractivity contribution in [1.29, 1.82) is 0 Å². The summed E-state index contributed by atoms with van der Waals surface area (Å²) in [5, 5.41) is 10.1. The summed E-state index contributed by atoms with van der Waals surface area (Å²) < 4.78 is 5.38. The number of likely N-dealkylation sites (tertiary alicyclic amines) is 1. The Hall–Kier alpha value is -0.970. The van der Waals surface area contributed by atoms with Crippen LogP contribution in [-0.4, -0.2) is 42.9 Å². The molecule has 1 amide bonds. The molecule has 1 aliphatic rings. The fourth-order valence-corrected chi connectivity index (χ4v) is 3.25. The standard InChI is InChI=1S/C15H19Cl2NO3/c1-21-10-15(4-6-18(7-5-15)14(19)20)9-11-2-3-12(16)13(17)8-11/h2-3,8H,4-7,9-10H2,1H3,(H,19,20). The predicted octanol–water partition coefficient (Wildman–Crippen LogP) is 3.94. The largest absolute Gasteiger partial charge is 0.465 e. The van der Waals surface area contributed by atoms with E-state index in [0.717, 1.165) is 24.8 Å². The van der Waals surface area contributed by atoms with Crippen molar-refractivity contribution in [2.24, 2.45) is 5.41 Å². The Morgan fingerprint density at radius 2 is 2.00 bits per heavy atom. The number of halogens is 2. The summed E-state index contributed by atoms with van der Waals surface area (Å²) in [7, 11) is 1.68. The summed E-state index contributed by atoms with van der Waals surface area (Å²) in [5.74, 6) is 0. The molecule has 0 atom stereocenters. The first kappa shape index (κ1) is 16.4. The molecule has 21 heavy (non-hydrogen) atoms. The van der Waals surface area contributed by atoms with Gasteiger partial charge in [-0.05, 0) is 37.0 Å². The van der Waals surface area contributed by atoms with E-state index in [1.54, 1.807) is 13.2 Å². The fraction of sp³-hybridized carbons (Fsp3) is 0.533. The van der Waals surface area contributed by atoms with Gasteiger partial charge in [0.15, 0.2) is 0 Å².